The van der Waals surface area contributed by atoms with Crippen molar-refractivity contribution in [1.29, 1.82) is 0 Å². The summed E-state index contributed by atoms with van der Waals surface area (Å²) in [4.78, 5) is 38.2. The summed E-state index contributed by atoms with van der Waals surface area (Å²) in [5, 5.41) is 0. The van der Waals surface area contributed by atoms with E-state index in [4.69, 9.17) is 4.74 Å². The number of allylic oxidation sites excluding steroid dienone is 2. The topological polar surface area (TPSA) is 75.2 Å². The summed E-state index contributed by atoms with van der Waals surface area (Å²) in [6.07, 6.45) is -4.69. The molecule has 10 heteroatoms. The van der Waals surface area contributed by atoms with Crippen LogP contribution in [0.5, 0.6) is 5.75 Å². The molecule has 7 nitrogen and oxygen atoms in total. The molecule has 0 aliphatic rings. The number of hydrogen-bond acceptors (Lipinski definition) is 4. The van der Waals surface area contributed by atoms with Crippen molar-refractivity contribution in [3.8, 4) is 5.75 Å². The zero-order valence-corrected chi connectivity index (χ0v) is 16.9. The fraction of sp³-hybridized carbons (Fsp3) is 0.350. The second-order valence-corrected chi connectivity index (χ2v) is 7.05. The van der Waals surface area contributed by atoms with Crippen LogP contribution in [0.3, 0.4) is 0 Å². The first-order valence-corrected chi connectivity index (χ1v) is 8.84. The Morgan fingerprint density at radius 1 is 0.933 bits per heavy atom. The first-order valence-electron chi connectivity index (χ1n) is 8.84. The van der Waals surface area contributed by atoms with E-state index >= 15 is 0 Å². The smallest absolute Gasteiger partial charge is 0.419 e. The number of ether oxygens (including phenoxy) is 1. The van der Waals surface area contributed by atoms with Gasteiger partial charge in [0.15, 0.2) is 0 Å². The van der Waals surface area contributed by atoms with Crippen LogP contribution < -0.4 is 21.8 Å². The predicted octanol–water partition coefficient (Wildman–Crippen LogP) is 2.40. The summed E-state index contributed by atoms with van der Waals surface area (Å²) in [6, 6.07) is 3.23. The van der Waals surface area contributed by atoms with E-state index in [2.05, 4.69) is 13.2 Å². The highest BCUT2D eigenvalue weighted by Gasteiger charge is 2.34. The zero-order chi connectivity index (χ0) is 22.8. The molecule has 0 N–H and O–H groups in total. The molecule has 162 valence electrons. The number of rotatable bonds is 7. The number of methoxy groups -OCH3 is 1. The first-order chi connectivity index (χ1) is 13.9. The molecule has 0 saturated carbocycles. The van der Waals surface area contributed by atoms with Crippen molar-refractivity contribution in [1.82, 2.24) is 13.7 Å². The van der Waals surface area contributed by atoms with Gasteiger partial charge in [-0.2, -0.15) is 13.2 Å². The molecule has 0 aliphatic carbocycles. The van der Waals surface area contributed by atoms with Crippen molar-refractivity contribution in [3.05, 3.63) is 85.1 Å². The van der Waals surface area contributed by atoms with Gasteiger partial charge in [0.05, 0.1) is 32.3 Å². The number of halogens is 3. The molecule has 2 rings (SSSR count). The van der Waals surface area contributed by atoms with Crippen molar-refractivity contribution in [2.24, 2.45) is 0 Å². The Bertz CT molecular complexity index is 1120. The molecule has 0 radical (unpaired) electrons. The lowest BCUT2D eigenvalue weighted by atomic mass is 10.1. The molecule has 1 aromatic carbocycles. The molecule has 0 bridgehead atoms. The molecule has 0 atom stereocenters. The van der Waals surface area contributed by atoms with Crippen molar-refractivity contribution >= 4 is 0 Å². The standard InChI is InChI=1S/C20H22F3N3O4/c1-12(2)9-24-17(27)25(10-13(3)4)19(29)26(18(24)28)11-14-6-7-16(30-5)15(8-14)20(21,22)23/h6-8H,1,3,9-11H2,2,4-5H3. The number of nitrogens with zero attached hydrogens (tertiary/aromatic N) is 3. The maximum absolute atomic E-state index is 13.3. The summed E-state index contributed by atoms with van der Waals surface area (Å²) < 4.78 is 47.0. The Morgan fingerprint density at radius 2 is 1.40 bits per heavy atom. The number of aromatic nitrogens is 3. The fourth-order valence-electron chi connectivity index (χ4n) is 2.89. The van der Waals surface area contributed by atoms with Gasteiger partial charge in [-0.25, -0.2) is 28.1 Å². The lowest BCUT2D eigenvalue weighted by Gasteiger charge is -2.16. The Hall–Kier alpha value is -3.30. The molecule has 2 aromatic rings. The van der Waals surface area contributed by atoms with Crippen molar-refractivity contribution < 1.29 is 17.9 Å². The van der Waals surface area contributed by atoms with Crippen molar-refractivity contribution in [3.63, 3.8) is 0 Å². The highest BCUT2D eigenvalue weighted by molar-refractivity contribution is 5.39. The van der Waals surface area contributed by atoms with Crippen LogP contribution in [-0.4, -0.2) is 20.8 Å². The Balaban J connectivity index is 2.72. The Labute approximate surface area is 170 Å². The van der Waals surface area contributed by atoms with E-state index in [0.29, 0.717) is 11.1 Å². The van der Waals surface area contributed by atoms with E-state index in [0.717, 1.165) is 32.9 Å². The molecule has 0 amide bonds. The summed E-state index contributed by atoms with van der Waals surface area (Å²) in [7, 11) is 1.11. The molecule has 0 aliphatic heterocycles. The van der Waals surface area contributed by atoms with Gasteiger partial charge in [0.1, 0.15) is 5.75 Å². The molecule has 0 saturated heterocycles. The minimum absolute atomic E-state index is 0.0460. The monoisotopic (exact) mass is 425 g/mol. The SMILES string of the molecule is C=C(C)Cn1c(=O)n(CC(=C)C)c(=O)n(Cc2ccc(OC)c(C(F)(F)F)c2)c1=O. The molecule has 0 fully saturated rings. The van der Waals surface area contributed by atoms with Crippen LogP contribution in [0.4, 0.5) is 13.2 Å². The van der Waals surface area contributed by atoms with E-state index < -0.39 is 35.4 Å². The average molecular weight is 425 g/mol. The number of hydrogen-bond donors (Lipinski definition) is 0. The maximum atomic E-state index is 13.3. The van der Waals surface area contributed by atoms with E-state index in [-0.39, 0.29) is 24.4 Å². The largest absolute Gasteiger partial charge is 0.496 e. The van der Waals surface area contributed by atoms with Gasteiger partial charge in [-0.3, -0.25) is 0 Å². The predicted molar refractivity (Wildman–Crippen MR) is 106 cm³/mol. The average Bonchev–Trinajstić information content (AvgIpc) is 2.64. The van der Waals surface area contributed by atoms with Crippen molar-refractivity contribution in [2.45, 2.75) is 39.7 Å². The van der Waals surface area contributed by atoms with Crippen LogP contribution in [0.15, 0.2) is 56.9 Å². The quantitative estimate of drug-likeness (QED) is 0.639. The molecule has 0 spiro atoms. The van der Waals surface area contributed by atoms with Crippen LogP contribution in [0, 0.1) is 0 Å². The van der Waals surface area contributed by atoms with Crippen LogP contribution in [0.1, 0.15) is 25.0 Å². The molecule has 1 heterocycles. The van der Waals surface area contributed by atoms with E-state index in [9.17, 15) is 27.6 Å². The minimum Gasteiger partial charge on any atom is -0.496 e. The highest BCUT2D eigenvalue weighted by atomic mass is 19.4. The minimum atomic E-state index is -4.69. The lowest BCUT2D eigenvalue weighted by molar-refractivity contribution is -0.138. The van der Waals surface area contributed by atoms with Gasteiger partial charge in [0, 0.05) is 0 Å². The third-order valence-electron chi connectivity index (χ3n) is 4.15. The first kappa shape index (κ1) is 23.0. The normalized spacial score (nSPS) is 11.4. The third-order valence-corrected chi connectivity index (χ3v) is 4.15. The summed E-state index contributed by atoms with van der Waals surface area (Å²) in [5.41, 5.74) is -2.71. The van der Waals surface area contributed by atoms with Crippen LogP contribution in [0.2, 0.25) is 0 Å². The van der Waals surface area contributed by atoms with Gasteiger partial charge >= 0.3 is 23.2 Å². The number of benzene rings is 1. The number of alkyl halides is 3. The summed E-state index contributed by atoms with van der Waals surface area (Å²) in [6.45, 7) is 9.80. The molecular weight excluding hydrogens is 403 g/mol. The van der Waals surface area contributed by atoms with Gasteiger partial charge in [-0.15, -0.1) is 0 Å². The zero-order valence-electron chi connectivity index (χ0n) is 16.9. The van der Waals surface area contributed by atoms with Gasteiger partial charge in [0.25, 0.3) is 0 Å². The van der Waals surface area contributed by atoms with Crippen LogP contribution in [0.25, 0.3) is 0 Å². The Kier molecular flexibility index (Phi) is 6.59. The second kappa shape index (κ2) is 8.60. The molecule has 30 heavy (non-hydrogen) atoms. The fourth-order valence-corrected chi connectivity index (χ4v) is 2.89. The molecule has 0 unspecified atom stereocenters. The van der Waals surface area contributed by atoms with E-state index in [1.54, 1.807) is 13.8 Å². The van der Waals surface area contributed by atoms with Gasteiger partial charge in [-0.05, 0) is 31.5 Å². The lowest BCUT2D eigenvalue weighted by Crippen LogP contribution is -2.54. The third kappa shape index (κ3) is 4.81. The van der Waals surface area contributed by atoms with Crippen LogP contribution in [-0.2, 0) is 25.8 Å². The highest BCUT2D eigenvalue weighted by Crippen LogP contribution is 2.36. The van der Waals surface area contributed by atoms with Gasteiger partial charge in [-0.1, -0.05) is 30.4 Å². The van der Waals surface area contributed by atoms with Gasteiger partial charge in [0.2, 0.25) is 0 Å². The van der Waals surface area contributed by atoms with Crippen molar-refractivity contribution in [2.75, 3.05) is 7.11 Å². The van der Waals surface area contributed by atoms with Gasteiger partial charge < -0.3 is 4.74 Å². The summed E-state index contributed by atoms with van der Waals surface area (Å²) in [5.74, 6) is -0.384. The molecule has 1 aromatic heterocycles. The van der Waals surface area contributed by atoms with E-state index in [1.807, 2.05) is 0 Å². The van der Waals surface area contributed by atoms with E-state index in [1.165, 1.54) is 6.07 Å². The Morgan fingerprint density at radius 3 is 1.80 bits per heavy atom. The molecular formula is C20H22F3N3O4. The summed E-state index contributed by atoms with van der Waals surface area (Å²) >= 11 is 0. The van der Waals surface area contributed by atoms with Crippen LogP contribution >= 0.6 is 0 Å². The second-order valence-electron chi connectivity index (χ2n) is 7.05. The maximum Gasteiger partial charge on any atom is 0.419 e.